The Kier molecular flexibility index (Phi) is 9.62. The molecule has 0 aromatic heterocycles. The predicted octanol–water partition coefficient (Wildman–Crippen LogP) is 4.09. The predicted molar refractivity (Wildman–Crippen MR) is 133 cm³/mol. The first-order valence-corrected chi connectivity index (χ1v) is 12.9. The largest absolute Gasteiger partial charge is 0.350 e. The normalized spacial score (nSPS) is 15.8. The fraction of sp³-hybridized carbons (Fsp3) is 0.462. The first kappa shape index (κ1) is 24.3. The highest BCUT2D eigenvalue weighted by Crippen LogP contribution is 2.18. The monoisotopic (exact) mass is 453 g/mol. The molecule has 2 N–H and O–H groups in total. The maximum absolute atomic E-state index is 12.8. The van der Waals surface area contributed by atoms with Gasteiger partial charge in [0.1, 0.15) is 6.04 Å². The van der Waals surface area contributed by atoms with Crippen LogP contribution in [0, 0.1) is 5.92 Å². The minimum Gasteiger partial charge on any atom is -0.350 e. The van der Waals surface area contributed by atoms with Crippen molar-refractivity contribution in [2.24, 2.45) is 5.92 Å². The minimum absolute atomic E-state index is 0.144. The summed E-state index contributed by atoms with van der Waals surface area (Å²) in [6, 6.07) is 17.0. The zero-order valence-corrected chi connectivity index (χ0v) is 20.0. The Hall–Kier alpha value is -2.31. The third-order valence-corrected chi connectivity index (χ3v) is 6.68. The topological polar surface area (TPSA) is 61.4 Å². The van der Waals surface area contributed by atoms with Crippen LogP contribution in [0.25, 0.3) is 0 Å². The number of rotatable bonds is 10. The average Bonchev–Trinajstić information content (AvgIpc) is 2.83. The van der Waals surface area contributed by atoms with Gasteiger partial charge in [0.2, 0.25) is 5.91 Å². The molecule has 1 unspecified atom stereocenters. The van der Waals surface area contributed by atoms with Crippen molar-refractivity contribution in [3.05, 3.63) is 71.3 Å². The molecule has 0 saturated carbocycles. The van der Waals surface area contributed by atoms with Crippen molar-refractivity contribution in [3.63, 3.8) is 0 Å². The first-order chi connectivity index (χ1) is 15.5. The molecule has 1 aliphatic rings. The van der Waals surface area contributed by atoms with Gasteiger partial charge in [-0.3, -0.25) is 14.5 Å². The van der Waals surface area contributed by atoms with Gasteiger partial charge in [-0.05, 0) is 73.5 Å². The van der Waals surface area contributed by atoms with Gasteiger partial charge in [0.05, 0.1) is 0 Å². The molecule has 2 aromatic carbocycles. The average molecular weight is 454 g/mol. The lowest BCUT2D eigenvalue weighted by Crippen LogP contribution is -2.46. The SMILES string of the molecule is CSCCC(NC(=O)c1ccccc1)C(=O)NCc1ccc(CN2CCC(C)CC2)cc1. The molecule has 3 rings (SSSR count). The second-order valence-electron chi connectivity index (χ2n) is 8.67. The van der Waals surface area contributed by atoms with E-state index in [4.69, 9.17) is 0 Å². The van der Waals surface area contributed by atoms with E-state index in [2.05, 4.69) is 46.7 Å². The number of thioether (sulfide) groups is 1. The molecule has 1 heterocycles. The number of hydrogen-bond donors (Lipinski definition) is 2. The number of nitrogens with zero attached hydrogens (tertiary/aromatic N) is 1. The lowest BCUT2D eigenvalue weighted by molar-refractivity contribution is -0.123. The molecule has 1 saturated heterocycles. The Morgan fingerprint density at radius 3 is 2.34 bits per heavy atom. The summed E-state index contributed by atoms with van der Waals surface area (Å²) in [4.78, 5) is 27.8. The third kappa shape index (κ3) is 7.68. The van der Waals surface area contributed by atoms with Gasteiger partial charge in [-0.15, -0.1) is 0 Å². The fourth-order valence-corrected chi connectivity index (χ4v) is 4.36. The van der Waals surface area contributed by atoms with E-state index in [-0.39, 0.29) is 11.8 Å². The molecule has 1 fully saturated rings. The van der Waals surface area contributed by atoms with Gasteiger partial charge in [0.25, 0.3) is 5.91 Å². The molecule has 0 radical (unpaired) electrons. The van der Waals surface area contributed by atoms with Crippen molar-refractivity contribution in [2.45, 2.75) is 45.3 Å². The summed E-state index contributed by atoms with van der Waals surface area (Å²) >= 11 is 1.67. The van der Waals surface area contributed by atoms with Gasteiger partial charge in [0, 0.05) is 18.7 Å². The van der Waals surface area contributed by atoms with Crippen LogP contribution in [0.5, 0.6) is 0 Å². The number of benzene rings is 2. The molecule has 2 aromatic rings. The number of nitrogens with one attached hydrogen (secondary N) is 2. The molecule has 32 heavy (non-hydrogen) atoms. The van der Waals surface area contributed by atoms with Crippen molar-refractivity contribution in [1.82, 2.24) is 15.5 Å². The van der Waals surface area contributed by atoms with Crippen molar-refractivity contribution < 1.29 is 9.59 Å². The molecule has 6 heteroatoms. The number of carbonyl (C=O) groups excluding carboxylic acids is 2. The lowest BCUT2D eigenvalue weighted by Gasteiger charge is -2.30. The Balaban J connectivity index is 1.50. The smallest absolute Gasteiger partial charge is 0.251 e. The Labute approximate surface area is 196 Å². The van der Waals surface area contributed by atoms with E-state index < -0.39 is 6.04 Å². The summed E-state index contributed by atoms with van der Waals surface area (Å²) in [6.45, 7) is 6.12. The van der Waals surface area contributed by atoms with E-state index in [0.717, 1.165) is 23.8 Å². The standard InChI is InChI=1S/C26H35N3O2S/c1-20-12-15-29(16-13-20)19-22-10-8-21(9-11-22)18-27-26(31)24(14-17-32-2)28-25(30)23-6-4-3-5-7-23/h3-11,20,24H,12-19H2,1-2H3,(H,27,31)(H,28,30). The molecule has 0 bridgehead atoms. The van der Waals surface area contributed by atoms with Crippen LogP contribution >= 0.6 is 11.8 Å². The number of amides is 2. The molecule has 2 amide bonds. The van der Waals surface area contributed by atoms with Crippen LogP contribution in [-0.2, 0) is 17.9 Å². The minimum atomic E-state index is -0.545. The van der Waals surface area contributed by atoms with Crippen LogP contribution in [0.1, 0.15) is 47.7 Å². The molecule has 1 aliphatic heterocycles. The summed E-state index contributed by atoms with van der Waals surface area (Å²) in [6.07, 6.45) is 5.16. The second-order valence-corrected chi connectivity index (χ2v) is 9.65. The molecular weight excluding hydrogens is 418 g/mol. The summed E-state index contributed by atoms with van der Waals surface area (Å²) < 4.78 is 0. The molecule has 172 valence electrons. The van der Waals surface area contributed by atoms with E-state index in [1.54, 1.807) is 23.9 Å². The first-order valence-electron chi connectivity index (χ1n) is 11.5. The van der Waals surface area contributed by atoms with Crippen molar-refractivity contribution in [1.29, 1.82) is 0 Å². The van der Waals surface area contributed by atoms with Crippen molar-refractivity contribution in [3.8, 4) is 0 Å². The van der Waals surface area contributed by atoms with Crippen molar-refractivity contribution in [2.75, 3.05) is 25.1 Å². The molecule has 0 spiro atoms. The molecule has 1 atom stereocenters. The molecule has 0 aliphatic carbocycles. The number of hydrogen-bond acceptors (Lipinski definition) is 4. The highest BCUT2D eigenvalue weighted by molar-refractivity contribution is 7.98. The summed E-state index contributed by atoms with van der Waals surface area (Å²) in [7, 11) is 0. The van der Waals surface area contributed by atoms with E-state index in [0.29, 0.717) is 18.5 Å². The van der Waals surface area contributed by atoms with Gasteiger partial charge in [-0.25, -0.2) is 0 Å². The van der Waals surface area contributed by atoms with Gasteiger partial charge in [-0.2, -0.15) is 11.8 Å². The van der Waals surface area contributed by atoms with E-state index in [9.17, 15) is 9.59 Å². The van der Waals surface area contributed by atoms with Crippen LogP contribution in [-0.4, -0.2) is 47.9 Å². The maximum atomic E-state index is 12.8. The second kappa shape index (κ2) is 12.7. The lowest BCUT2D eigenvalue weighted by atomic mass is 9.99. The fourth-order valence-electron chi connectivity index (χ4n) is 3.89. The highest BCUT2D eigenvalue weighted by Gasteiger charge is 2.21. The Morgan fingerprint density at radius 2 is 1.69 bits per heavy atom. The van der Waals surface area contributed by atoms with E-state index in [1.807, 2.05) is 24.5 Å². The summed E-state index contributed by atoms with van der Waals surface area (Å²) in [5, 5.41) is 5.89. The Bertz CT molecular complexity index is 849. The zero-order chi connectivity index (χ0) is 22.8. The van der Waals surface area contributed by atoms with Gasteiger partial charge in [-0.1, -0.05) is 49.4 Å². The summed E-state index contributed by atoms with van der Waals surface area (Å²) in [5.74, 6) is 1.28. The van der Waals surface area contributed by atoms with Gasteiger partial charge in [0.15, 0.2) is 0 Å². The Morgan fingerprint density at radius 1 is 1.03 bits per heavy atom. The zero-order valence-electron chi connectivity index (χ0n) is 19.2. The maximum Gasteiger partial charge on any atom is 0.251 e. The van der Waals surface area contributed by atoms with Gasteiger partial charge < -0.3 is 10.6 Å². The van der Waals surface area contributed by atoms with Crippen LogP contribution in [0.3, 0.4) is 0 Å². The summed E-state index contributed by atoms with van der Waals surface area (Å²) in [5.41, 5.74) is 2.93. The van der Waals surface area contributed by atoms with E-state index >= 15 is 0 Å². The van der Waals surface area contributed by atoms with Crippen molar-refractivity contribution >= 4 is 23.6 Å². The number of carbonyl (C=O) groups is 2. The van der Waals surface area contributed by atoms with Crippen LogP contribution < -0.4 is 10.6 Å². The van der Waals surface area contributed by atoms with Crippen LogP contribution in [0.4, 0.5) is 0 Å². The van der Waals surface area contributed by atoms with Crippen LogP contribution in [0.15, 0.2) is 54.6 Å². The van der Waals surface area contributed by atoms with Crippen LogP contribution in [0.2, 0.25) is 0 Å². The number of piperidine rings is 1. The van der Waals surface area contributed by atoms with Gasteiger partial charge >= 0.3 is 0 Å². The van der Waals surface area contributed by atoms with E-state index in [1.165, 1.54) is 31.5 Å². The third-order valence-electron chi connectivity index (χ3n) is 6.04. The molecular formula is C26H35N3O2S. The quantitative estimate of drug-likeness (QED) is 0.569. The molecule has 5 nitrogen and oxygen atoms in total. The number of likely N-dealkylation sites (tertiary alicyclic amines) is 1. The highest BCUT2D eigenvalue weighted by atomic mass is 32.2.